The van der Waals surface area contributed by atoms with Crippen molar-refractivity contribution in [2.75, 3.05) is 36.2 Å². The molecule has 2 aromatic carbocycles. The molecule has 2 saturated heterocycles. The molecule has 4 heterocycles. The molecule has 2 aliphatic rings. The summed E-state index contributed by atoms with van der Waals surface area (Å²) in [6.07, 6.45) is 7.47. The summed E-state index contributed by atoms with van der Waals surface area (Å²) in [6, 6.07) is 14.8. The average Bonchev–Trinajstić information content (AvgIpc) is 3.06. The standard InChI is InChI=1S/C35H43N7O5S/c1-24-15-16-26-27(12-8-14-30(26)40-48(44,45)42-21-6-5-7-22-42)31(24)46-32-28(13-9-18-36-32)29-17-19-37-33(39-29)38-25-11-10-20-41(23-25)34(43)47-35(2,3)4/h8-9,12-19,25,40H,5-7,10-11,20-23H2,1-4H3,(H,37,38,39)/t25-/m0/s1. The summed E-state index contributed by atoms with van der Waals surface area (Å²) >= 11 is 0. The van der Waals surface area contributed by atoms with Gasteiger partial charge < -0.3 is 19.7 Å². The number of anilines is 2. The van der Waals surface area contributed by atoms with E-state index in [1.807, 2.05) is 64.1 Å². The van der Waals surface area contributed by atoms with Crippen molar-refractivity contribution in [3.8, 4) is 22.9 Å². The molecule has 2 fully saturated rings. The number of nitrogens with zero attached hydrogens (tertiary/aromatic N) is 5. The zero-order chi connectivity index (χ0) is 33.9. The molecular formula is C35H43N7O5S. The van der Waals surface area contributed by atoms with E-state index in [0.29, 0.717) is 60.7 Å². The number of ether oxygens (including phenoxy) is 2. The Morgan fingerprint density at radius 2 is 1.73 bits per heavy atom. The van der Waals surface area contributed by atoms with E-state index in [0.717, 1.165) is 48.4 Å². The van der Waals surface area contributed by atoms with Gasteiger partial charge in [0.1, 0.15) is 11.4 Å². The lowest BCUT2D eigenvalue weighted by molar-refractivity contribution is 0.0206. The third-order valence-corrected chi connectivity index (χ3v) is 9.93. The number of aryl methyl sites for hydroxylation is 1. The van der Waals surface area contributed by atoms with Crippen molar-refractivity contribution < 1.29 is 22.7 Å². The Morgan fingerprint density at radius 3 is 2.52 bits per heavy atom. The topological polar surface area (TPSA) is 139 Å². The maximum absolute atomic E-state index is 13.2. The summed E-state index contributed by atoms with van der Waals surface area (Å²) in [4.78, 5) is 28.2. The molecule has 1 amide bonds. The third-order valence-electron chi connectivity index (χ3n) is 8.41. The van der Waals surface area contributed by atoms with Gasteiger partial charge >= 0.3 is 16.3 Å². The maximum atomic E-state index is 13.2. The maximum Gasteiger partial charge on any atom is 0.410 e. The molecular weight excluding hydrogens is 630 g/mol. The second-order valence-electron chi connectivity index (χ2n) is 13.3. The fraction of sp³-hybridized carbons (Fsp3) is 0.429. The van der Waals surface area contributed by atoms with Gasteiger partial charge in [0.2, 0.25) is 11.8 Å². The summed E-state index contributed by atoms with van der Waals surface area (Å²) in [5, 5.41) is 4.87. The molecule has 4 aromatic rings. The Labute approximate surface area is 282 Å². The number of nitrogens with one attached hydrogen (secondary N) is 2. The smallest absolute Gasteiger partial charge is 0.410 e. The Morgan fingerprint density at radius 1 is 0.917 bits per heavy atom. The lowest BCUT2D eigenvalue weighted by atomic mass is 10.0. The van der Waals surface area contributed by atoms with Gasteiger partial charge in [-0.05, 0) is 83.2 Å². The van der Waals surface area contributed by atoms with E-state index in [1.165, 1.54) is 4.31 Å². The zero-order valence-corrected chi connectivity index (χ0v) is 28.7. The lowest BCUT2D eigenvalue weighted by Crippen LogP contribution is -2.47. The van der Waals surface area contributed by atoms with Crippen LogP contribution in [0.2, 0.25) is 0 Å². The van der Waals surface area contributed by atoms with Crippen LogP contribution in [-0.2, 0) is 14.9 Å². The van der Waals surface area contributed by atoms with Crippen LogP contribution in [-0.4, -0.2) is 76.5 Å². The normalized spacial score (nSPS) is 17.6. The van der Waals surface area contributed by atoms with Crippen LogP contribution in [0.3, 0.4) is 0 Å². The van der Waals surface area contributed by atoms with E-state index in [9.17, 15) is 13.2 Å². The summed E-state index contributed by atoms with van der Waals surface area (Å²) in [5.41, 5.74) is 2.08. The van der Waals surface area contributed by atoms with E-state index in [4.69, 9.17) is 14.5 Å². The Kier molecular flexibility index (Phi) is 9.70. The van der Waals surface area contributed by atoms with Crippen molar-refractivity contribution in [1.82, 2.24) is 24.2 Å². The van der Waals surface area contributed by atoms with Crippen LogP contribution in [0.25, 0.3) is 22.0 Å². The van der Waals surface area contributed by atoms with Crippen molar-refractivity contribution >= 4 is 38.7 Å². The molecule has 0 aliphatic carbocycles. The molecule has 0 radical (unpaired) electrons. The number of amides is 1. The van der Waals surface area contributed by atoms with Gasteiger partial charge in [0.25, 0.3) is 0 Å². The van der Waals surface area contributed by atoms with Gasteiger partial charge in [-0.15, -0.1) is 0 Å². The summed E-state index contributed by atoms with van der Waals surface area (Å²) < 4.78 is 42.9. The van der Waals surface area contributed by atoms with Crippen LogP contribution in [0.5, 0.6) is 11.6 Å². The SMILES string of the molecule is Cc1ccc2c(NS(=O)(=O)N3CCCCC3)cccc2c1Oc1ncccc1-c1ccnc(N[C@H]2CCCN(C(=O)OC(C)(C)C)C2)n1. The van der Waals surface area contributed by atoms with Crippen LogP contribution >= 0.6 is 0 Å². The van der Waals surface area contributed by atoms with Gasteiger partial charge in [-0.1, -0.05) is 30.7 Å². The number of piperidine rings is 2. The van der Waals surface area contributed by atoms with Gasteiger partial charge in [0.05, 0.1) is 16.9 Å². The van der Waals surface area contributed by atoms with Crippen LogP contribution < -0.4 is 14.8 Å². The quantitative estimate of drug-likeness (QED) is 0.208. The lowest BCUT2D eigenvalue weighted by Gasteiger charge is -2.34. The molecule has 0 spiro atoms. The molecule has 0 saturated carbocycles. The van der Waals surface area contributed by atoms with Crippen molar-refractivity contribution in [2.45, 2.75) is 71.4 Å². The van der Waals surface area contributed by atoms with Gasteiger partial charge in [0, 0.05) is 55.4 Å². The Bertz CT molecular complexity index is 1890. The highest BCUT2D eigenvalue weighted by Crippen LogP contribution is 2.39. The highest BCUT2D eigenvalue weighted by Gasteiger charge is 2.28. The van der Waals surface area contributed by atoms with Crippen molar-refractivity contribution in [3.63, 3.8) is 0 Å². The van der Waals surface area contributed by atoms with Crippen LogP contribution in [0.1, 0.15) is 58.4 Å². The number of carbonyl (C=O) groups excluding carboxylic acids is 1. The highest BCUT2D eigenvalue weighted by molar-refractivity contribution is 7.90. The van der Waals surface area contributed by atoms with Gasteiger partial charge in [-0.2, -0.15) is 12.7 Å². The van der Waals surface area contributed by atoms with Crippen molar-refractivity contribution in [1.29, 1.82) is 0 Å². The number of pyridine rings is 1. The number of carbonyl (C=O) groups is 1. The number of hydrogen-bond acceptors (Lipinski definition) is 9. The number of fused-ring (bicyclic) bond motifs is 1. The number of hydrogen-bond donors (Lipinski definition) is 2. The minimum Gasteiger partial charge on any atom is -0.444 e. The second-order valence-corrected chi connectivity index (χ2v) is 15.0. The van der Waals surface area contributed by atoms with Crippen LogP contribution in [0.4, 0.5) is 16.4 Å². The van der Waals surface area contributed by atoms with E-state index in [-0.39, 0.29) is 12.1 Å². The third kappa shape index (κ3) is 7.79. The second kappa shape index (κ2) is 13.9. The molecule has 0 bridgehead atoms. The minimum atomic E-state index is -3.70. The fourth-order valence-electron chi connectivity index (χ4n) is 6.08. The van der Waals surface area contributed by atoms with Crippen molar-refractivity contribution in [2.24, 2.45) is 0 Å². The largest absolute Gasteiger partial charge is 0.444 e. The monoisotopic (exact) mass is 673 g/mol. The molecule has 254 valence electrons. The molecule has 2 aromatic heterocycles. The van der Waals surface area contributed by atoms with Gasteiger partial charge in [-0.3, -0.25) is 4.72 Å². The van der Waals surface area contributed by atoms with Crippen molar-refractivity contribution in [3.05, 3.63) is 66.5 Å². The van der Waals surface area contributed by atoms with Crippen LogP contribution in [0.15, 0.2) is 60.9 Å². The van der Waals surface area contributed by atoms with E-state index in [1.54, 1.807) is 29.4 Å². The van der Waals surface area contributed by atoms with E-state index >= 15 is 0 Å². The molecule has 0 unspecified atom stereocenters. The molecule has 2 N–H and O–H groups in total. The fourth-order valence-corrected chi connectivity index (χ4v) is 7.41. The highest BCUT2D eigenvalue weighted by atomic mass is 32.2. The van der Waals surface area contributed by atoms with E-state index < -0.39 is 15.8 Å². The number of rotatable bonds is 8. The first-order chi connectivity index (χ1) is 23.0. The summed E-state index contributed by atoms with van der Waals surface area (Å²) in [7, 11) is -3.70. The predicted octanol–water partition coefficient (Wildman–Crippen LogP) is 6.75. The molecule has 1 atom stereocenters. The first kappa shape index (κ1) is 33.4. The Hall–Kier alpha value is -4.49. The first-order valence-corrected chi connectivity index (χ1v) is 17.9. The molecule has 6 rings (SSSR count). The Balaban J connectivity index is 1.24. The van der Waals surface area contributed by atoms with Crippen LogP contribution in [0, 0.1) is 6.92 Å². The summed E-state index contributed by atoms with van der Waals surface area (Å²) in [6.45, 7) is 9.69. The number of likely N-dealkylation sites (tertiary alicyclic amines) is 1. The summed E-state index contributed by atoms with van der Waals surface area (Å²) in [5.74, 6) is 1.36. The van der Waals surface area contributed by atoms with Gasteiger partial charge in [0.15, 0.2) is 0 Å². The molecule has 12 nitrogen and oxygen atoms in total. The molecule has 13 heteroatoms. The number of benzene rings is 2. The minimum absolute atomic E-state index is 0.0361. The van der Waals surface area contributed by atoms with E-state index in [2.05, 4.69) is 20.0 Å². The predicted molar refractivity (Wildman–Crippen MR) is 186 cm³/mol. The zero-order valence-electron chi connectivity index (χ0n) is 27.9. The molecule has 48 heavy (non-hydrogen) atoms. The molecule has 2 aliphatic heterocycles. The average molecular weight is 674 g/mol. The first-order valence-electron chi connectivity index (χ1n) is 16.5. The number of aromatic nitrogens is 3. The van der Waals surface area contributed by atoms with Gasteiger partial charge in [-0.25, -0.2) is 19.7 Å².